The van der Waals surface area contributed by atoms with Gasteiger partial charge in [-0.15, -0.1) is 0 Å². The molecule has 1 aliphatic rings. The summed E-state index contributed by atoms with van der Waals surface area (Å²) in [7, 11) is 0. The van der Waals surface area contributed by atoms with Gasteiger partial charge in [-0.1, -0.05) is 0 Å². The largest absolute Gasteiger partial charge is 0.394 e. The van der Waals surface area contributed by atoms with Gasteiger partial charge in [0.15, 0.2) is 0 Å². The maximum Gasteiger partial charge on any atom is 0.0881 e. The molecule has 1 aliphatic heterocycles. The van der Waals surface area contributed by atoms with Crippen LogP contribution in [0.4, 0.5) is 0 Å². The van der Waals surface area contributed by atoms with Gasteiger partial charge in [0, 0.05) is 32.2 Å². The monoisotopic (exact) mass is 289 g/mol. The van der Waals surface area contributed by atoms with Crippen molar-refractivity contribution < 1.29 is 15.3 Å². The van der Waals surface area contributed by atoms with Crippen LogP contribution in [0.1, 0.15) is 20.3 Å². The van der Waals surface area contributed by atoms with Crippen molar-refractivity contribution in [3.05, 3.63) is 0 Å². The van der Waals surface area contributed by atoms with E-state index in [-0.39, 0.29) is 19.8 Å². The van der Waals surface area contributed by atoms with Crippen molar-refractivity contribution in [2.75, 3.05) is 59.1 Å². The van der Waals surface area contributed by atoms with Crippen molar-refractivity contribution in [1.29, 1.82) is 0 Å². The summed E-state index contributed by atoms with van der Waals surface area (Å²) in [5.41, 5.74) is -0.948. The summed E-state index contributed by atoms with van der Waals surface area (Å²) < 4.78 is 0. The van der Waals surface area contributed by atoms with E-state index < -0.39 is 5.54 Å². The van der Waals surface area contributed by atoms with Crippen LogP contribution < -0.4 is 5.32 Å². The van der Waals surface area contributed by atoms with E-state index in [1.54, 1.807) is 0 Å². The standard InChI is InChI=1S/C14H31N3O3/c1-13(2)17-8-6-16(7-9-17)5-3-4-15-14(10-18,11-19)12-20/h13,15,18-20H,3-12H2,1-2H3. The second-order valence-electron chi connectivity index (χ2n) is 6.01. The third kappa shape index (κ3) is 5.27. The van der Waals surface area contributed by atoms with Crippen LogP contribution >= 0.6 is 0 Å². The van der Waals surface area contributed by atoms with Crippen molar-refractivity contribution in [2.45, 2.75) is 31.8 Å². The summed E-state index contributed by atoms with van der Waals surface area (Å²) in [4.78, 5) is 4.93. The number of aliphatic hydroxyl groups excluding tert-OH is 3. The topological polar surface area (TPSA) is 79.2 Å². The van der Waals surface area contributed by atoms with Crippen LogP contribution in [0.3, 0.4) is 0 Å². The SMILES string of the molecule is CC(C)N1CCN(CCCNC(CO)(CO)CO)CC1. The molecular weight excluding hydrogens is 258 g/mol. The lowest BCUT2D eigenvalue weighted by Crippen LogP contribution is -2.55. The number of piperazine rings is 1. The first-order valence-electron chi connectivity index (χ1n) is 7.61. The normalized spacial score (nSPS) is 18.9. The third-order valence-corrected chi connectivity index (χ3v) is 4.20. The lowest BCUT2D eigenvalue weighted by atomic mass is 10.0. The highest BCUT2D eigenvalue weighted by Gasteiger charge is 2.26. The first-order valence-corrected chi connectivity index (χ1v) is 7.61. The van der Waals surface area contributed by atoms with Gasteiger partial charge in [-0.05, 0) is 33.4 Å². The molecule has 6 nitrogen and oxygen atoms in total. The summed E-state index contributed by atoms with van der Waals surface area (Å²) in [5.74, 6) is 0. The van der Waals surface area contributed by atoms with Crippen molar-refractivity contribution in [3.8, 4) is 0 Å². The Balaban J connectivity index is 2.16. The zero-order valence-electron chi connectivity index (χ0n) is 12.9. The fourth-order valence-electron chi connectivity index (χ4n) is 2.48. The Morgan fingerprint density at radius 3 is 2.00 bits per heavy atom. The first-order chi connectivity index (χ1) is 9.56. The second kappa shape index (κ2) is 8.92. The van der Waals surface area contributed by atoms with Gasteiger partial charge in [0.1, 0.15) is 0 Å². The Morgan fingerprint density at radius 1 is 1.00 bits per heavy atom. The van der Waals surface area contributed by atoms with Crippen molar-refractivity contribution >= 4 is 0 Å². The van der Waals surface area contributed by atoms with Crippen LogP contribution in [-0.4, -0.2) is 95.8 Å². The molecule has 0 aromatic rings. The Bertz CT molecular complexity index is 244. The van der Waals surface area contributed by atoms with Gasteiger partial charge in [-0.2, -0.15) is 0 Å². The molecule has 1 rings (SSSR count). The zero-order valence-corrected chi connectivity index (χ0v) is 12.9. The molecule has 0 spiro atoms. The van der Waals surface area contributed by atoms with E-state index in [0.29, 0.717) is 12.6 Å². The highest BCUT2D eigenvalue weighted by molar-refractivity contribution is 4.86. The van der Waals surface area contributed by atoms with Gasteiger partial charge in [-0.25, -0.2) is 0 Å². The van der Waals surface area contributed by atoms with Crippen molar-refractivity contribution in [3.63, 3.8) is 0 Å². The van der Waals surface area contributed by atoms with Crippen LogP contribution in [0.15, 0.2) is 0 Å². The molecule has 0 aromatic heterocycles. The zero-order chi connectivity index (χ0) is 15.0. The molecule has 1 fully saturated rings. The fraction of sp³-hybridized carbons (Fsp3) is 1.00. The van der Waals surface area contributed by atoms with E-state index in [0.717, 1.165) is 39.1 Å². The Kier molecular flexibility index (Phi) is 7.94. The van der Waals surface area contributed by atoms with E-state index in [1.165, 1.54) is 0 Å². The van der Waals surface area contributed by atoms with Gasteiger partial charge >= 0.3 is 0 Å². The Hall–Kier alpha value is -0.240. The second-order valence-corrected chi connectivity index (χ2v) is 6.01. The fourth-order valence-corrected chi connectivity index (χ4v) is 2.48. The minimum absolute atomic E-state index is 0.257. The molecule has 0 radical (unpaired) electrons. The molecule has 1 saturated heterocycles. The van der Waals surface area contributed by atoms with Gasteiger partial charge < -0.3 is 25.5 Å². The first kappa shape index (κ1) is 17.8. The number of hydrogen-bond acceptors (Lipinski definition) is 6. The third-order valence-electron chi connectivity index (χ3n) is 4.20. The Morgan fingerprint density at radius 2 is 1.55 bits per heavy atom. The summed E-state index contributed by atoms with van der Waals surface area (Å²) in [5, 5.41) is 30.7. The molecule has 6 heteroatoms. The number of nitrogens with one attached hydrogen (secondary N) is 1. The molecule has 0 unspecified atom stereocenters. The molecule has 0 aromatic carbocycles. The van der Waals surface area contributed by atoms with Crippen LogP contribution in [0.25, 0.3) is 0 Å². The molecule has 120 valence electrons. The molecule has 20 heavy (non-hydrogen) atoms. The Labute approximate surface area is 122 Å². The minimum atomic E-state index is -0.948. The summed E-state index contributed by atoms with van der Waals surface area (Å²) in [6.45, 7) is 9.84. The van der Waals surface area contributed by atoms with Crippen LogP contribution in [0.2, 0.25) is 0 Å². The van der Waals surface area contributed by atoms with Crippen LogP contribution in [0, 0.1) is 0 Å². The molecular formula is C14H31N3O3. The van der Waals surface area contributed by atoms with Gasteiger partial charge in [-0.3, -0.25) is 4.90 Å². The molecule has 0 saturated carbocycles. The van der Waals surface area contributed by atoms with E-state index >= 15 is 0 Å². The molecule has 1 heterocycles. The highest BCUT2D eigenvalue weighted by Crippen LogP contribution is 2.06. The predicted molar refractivity (Wildman–Crippen MR) is 79.8 cm³/mol. The number of aliphatic hydroxyl groups is 3. The number of nitrogens with zero attached hydrogens (tertiary/aromatic N) is 2. The summed E-state index contributed by atoms with van der Waals surface area (Å²) in [6, 6.07) is 0.623. The van der Waals surface area contributed by atoms with E-state index in [4.69, 9.17) is 0 Å². The number of rotatable bonds is 9. The molecule has 0 atom stereocenters. The highest BCUT2D eigenvalue weighted by atomic mass is 16.3. The molecule has 0 amide bonds. The smallest absolute Gasteiger partial charge is 0.0881 e. The lowest BCUT2D eigenvalue weighted by molar-refractivity contribution is 0.0414. The summed E-state index contributed by atoms with van der Waals surface area (Å²) >= 11 is 0. The van der Waals surface area contributed by atoms with Crippen LogP contribution in [-0.2, 0) is 0 Å². The average Bonchev–Trinajstić information content (AvgIpc) is 2.49. The molecule has 0 bridgehead atoms. The van der Waals surface area contributed by atoms with Gasteiger partial charge in [0.25, 0.3) is 0 Å². The average molecular weight is 289 g/mol. The van der Waals surface area contributed by atoms with E-state index in [2.05, 4.69) is 29.0 Å². The maximum atomic E-state index is 9.21. The lowest BCUT2D eigenvalue weighted by Gasteiger charge is -2.37. The predicted octanol–water partition coefficient (Wildman–Crippen LogP) is -1.29. The quantitative estimate of drug-likeness (QED) is 0.396. The van der Waals surface area contributed by atoms with Gasteiger partial charge in [0.05, 0.1) is 25.4 Å². The van der Waals surface area contributed by atoms with E-state index in [9.17, 15) is 15.3 Å². The number of hydrogen-bond donors (Lipinski definition) is 4. The van der Waals surface area contributed by atoms with Gasteiger partial charge in [0.2, 0.25) is 0 Å². The van der Waals surface area contributed by atoms with Crippen molar-refractivity contribution in [2.24, 2.45) is 0 Å². The van der Waals surface area contributed by atoms with Crippen LogP contribution in [0.5, 0.6) is 0 Å². The van der Waals surface area contributed by atoms with Crippen molar-refractivity contribution in [1.82, 2.24) is 15.1 Å². The molecule has 4 N–H and O–H groups in total. The summed E-state index contributed by atoms with van der Waals surface area (Å²) in [6.07, 6.45) is 0.948. The molecule has 0 aliphatic carbocycles. The van der Waals surface area contributed by atoms with E-state index in [1.807, 2.05) is 0 Å². The maximum absolute atomic E-state index is 9.21. The minimum Gasteiger partial charge on any atom is -0.394 e.